The number of benzene rings is 1. The minimum Gasteiger partial charge on any atom is -0.349 e. The summed E-state index contributed by atoms with van der Waals surface area (Å²) >= 11 is 0. The predicted molar refractivity (Wildman–Crippen MR) is 95.9 cm³/mol. The largest absolute Gasteiger partial charge is 0.349 e. The third-order valence-electron chi connectivity index (χ3n) is 3.74. The van der Waals surface area contributed by atoms with Gasteiger partial charge in [0.1, 0.15) is 5.69 Å². The highest BCUT2D eigenvalue weighted by Gasteiger charge is 2.09. The zero-order valence-corrected chi connectivity index (χ0v) is 13.9. The summed E-state index contributed by atoms with van der Waals surface area (Å²) in [6.45, 7) is 2.98. The molecule has 0 radical (unpaired) electrons. The smallest absolute Gasteiger partial charge is 0.270 e. The molecule has 6 heteroatoms. The molecular formula is C19H19N5O. The molecule has 0 unspecified atom stereocenters. The Morgan fingerprint density at radius 3 is 2.60 bits per heavy atom. The van der Waals surface area contributed by atoms with Crippen LogP contribution in [0.2, 0.25) is 0 Å². The summed E-state index contributed by atoms with van der Waals surface area (Å²) in [5, 5.41) is 5.96. The van der Waals surface area contributed by atoms with Crippen molar-refractivity contribution < 1.29 is 4.79 Å². The first-order chi connectivity index (χ1) is 12.2. The van der Waals surface area contributed by atoms with Gasteiger partial charge in [0.2, 0.25) is 5.95 Å². The molecule has 0 saturated carbocycles. The number of aryl methyl sites for hydroxylation is 1. The molecule has 0 saturated heterocycles. The Bertz CT molecular complexity index is 851. The zero-order chi connectivity index (χ0) is 17.5. The van der Waals surface area contributed by atoms with Gasteiger partial charge in [0, 0.05) is 18.9 Å². The first kappa shape index (κ1) is 16.6. The number of nitrogens with one attached hydrogen (secondary N) is 2. The first-order valence-corrected chi connectivity index (χ1v) is 8.02. The summed E-state index contributed by atoms with van der Waals surface area (Å²) in [4.78, 5) is 24.9. The van der Waals surface area contributed by atoms with Crippen molar-refractivity contribution in [1.29, 1.82) is 0 Å². The fourth-order valence-electron chi connectivity index (χ4n) is 2.32. The molecule has 3 aromatic rings. The van der Waals surface area contributed by atoms with Crippen LogP contribution in [0.4, 0.5) is 5.95 Å². The maximum absolute atomic E-state index is 12.3. The average Bonchev–Trinajstić information content (AvgIpc) is 2.66. The molecule has 0 fully saturated rings. The third-order valence-corrected chi connectivity index (χ3v) is 3.74. The van der Waals surface area contributed by atoms with Crippen LogP contribution in [0.1, 0.15) is 27.3 Å². The molecule has 3 rings (SSSR count). The number of carbonyl (C=O) groups is 1. The molecule has 126 valence electrons. The summed E-state index contributed by atoms with van der Waals surface area (Å²) in [5.41, 5.74) is 3.43. The lowest BCUT2D eigenvalue weighted by atomic mass is 10.1. The minimum absolute atomic E-state index is 0.230. The molecule has 25 heavy (non-hydrogen) atoms. The fraction of sp³-hybridized carbons (Fsp3) is 0.158. The molecule has 1 amide bonds. The van der Waals surface area contributed by atoms with E-state index in [0.29, 0.717) is 24.7 Å². The van der Waals surface area contributed by atoms with Gasteiger partial charge in [-0.1, -0.05) is 30.3 Å². The van der Waals surface area contributed by atoms with Gasteiger partial charge in [-0.3, -0.25) is 9.78 Å². The van der Waals surface area contributed by atoms with Gasteiger partial charge in [0.25, 0.3) is 5.91 Å². The number of anilines is 1. The Balaban J connectivity index is 1.60. The van der Waals surface area contributed by atoms with Crippen LogP contribution in [-0.4, -0.2) is 20.9 Å². The van der Waals surface area contributed by atoms with Gasteiger partial charge in [0.05, 0.1) is 12.2 Å². The highest BCUT2D eigenvalue weighted by molar-refractivity contribution is 5.92. The van der Waals surface area contributed by atoms with Crippen LogP contribution >= 0.6 is 0 Å². The molecule has 0 aliphatic heterocycles. The Morgan fingerprint density at radius 1 is 0.960 bits per heavy atom. The fourth-order valence-corrected chi connectivity index (χ4v) is 2.32. The second-order valence-corrected chi connectivity index (χ2v) is 5.55. The van der Waals surface area contributed by atoms with E-state index in [2.05, 4.69) is 25.6 Å². The van der Waals surface area contributed by atoms with Crippen molar-refractivity contribution in [2.75, 3.05) is 5.32 Å². The van der Waals surface area contributed by atoms with Crippen molar-refractivity contribution in [1.82, 2.24) is 20.3 Å². The summed E-state index contributed by atoms with van der Waals surface area (Å²) in [5.74, 6) is 0.167. The van der Waals surface area contributed by atoms with Crippen molar-refractivity contribution in [2.24, 2.45) is 0 Å². The van der Waals surface area contributed by atoms with E-state index in [1.165, 1.54) is 0 Å². The number of rotatable bonds is 6. The molecule has 2 aromatic heterocycles. The van der Waals surface area contributed by atoms with E-state index in [0.717, 1.165) is 16.8 Å². The van der Waals surface area contributed by atoms with E-state index in [1.54, 1.807) is 18.5 Å². The van der Waals surface area contributed by atoms with Crippen LogP contribution in [0.3, 0.4) is 0 Å². The van der Waals surface area contributed by atoms with Crippen LogP contribution < -0.4 is 10.6 Å². The standard InChI is InChI=1S/C19H19N5O/c1-14-6-2-3-7-15(14)12-22-18(25)17-9-11-21-19(24-17)23-13-16-8-4-5-10-20-16/h2-11H,12-13H2,1H3,(H,22,25)(H,21,23,24). The molecule has 0 atom stereocenters. The number of pyridine rings is 1. The van der Waals surface area contributed by atoms with E-state index in [-0.39, 0.29) is 5.91 Å². The van der Waals surface area contributed by atoms with Gasteiger partial charge in [-0.05, 0) is 36.2 Å². The van der Waals surface area contributed by atoms with E-state index < -0.39 is 0 Å². The lowest BCUT2D eigenvalue weighted by Crippen LogP contribution is -2.24. The number of aromatic nitrogens is 3. The van der Waals surface area contributed by atoms with Crippen molar-refractivity contribution in [3.63, 3.8) is 0 Å². The van der Waals surface area contributed by atoms with Crippen LogP contribution in [0.5, 0.6) is 0 Å². The van der Waals surface area contributed by atoms with E-state index in [9.17, 15) is 4.79 Å². The average molecular weight is 333 g/mol. The van der Waals surface area contributed by atoms with Crippen molar-refractivity contribution in [2.45, 2.75) is 20.0 Å². The summed E-state index contributed by atoms with van der Waals surface area (Å²) < 4.78 is 0. The van der Waals surface area contributed by atoms with Gasteiger partial charge in [-0.2, -0.15) is 0 Å². The number of amides is 1. The van der Waals surface area contributed by atoms with E-state index in [1.807, 2.05) is 49.4 Å². The lowest BCUT2D eigenvalue weighted by molar-refractivity contribution is 0.0946. The highest BCUT2D eigenvalue weighted by atomic mass is 16.1. The zero-order valence-electron chi connectivity index (χ0n) is 13.9. The molecule has 2 N–H and O–H groups in total. The van der Waals surface area contributed by atoms with Gasteiger partial charge in [0.15, 0.2) is 0 Å². The Hall–Kier alpha value is -3.28. The monoisotopic (exact) mass is 333 g/mol. The first-order valence-electron chi connectivity index (χ1n) is 8.02. The van der Waals surface area contributed by atoms with Crippen LogP contribution in [-0.2, 0) is 13.1 Å². The molecule has 0 bridgehead atoms. The predicted octanol–water partition coefficient (Wildman–Crippen LogP) is 2.72. The summed E-state index contributed by atoms with van der Waals surface area (Å²) in [6, 6.07) is 15.2. The van der Waals surface area contributed by atoms with Gasteiger partial charge in [-0.15, -0.1) is 0 Å². The SMILES string of the molecule is Cc1ccccc1CNC(=O)c1ccnc(NCc2ccccn2)n1. The van der Waals surface area contributed by atoms with E-state index in [4.69, 9.17) is 0 Å². The number of carbonyl (C=O) groups excluding carboxylic acids is 1. The van der Waals surface area contributed by atoms with Crippen LogP contribution in [0.25, 0.3) is 0 Å². The lowest BCUT2D eigenvalue weighted by Gasteiger charge is -2.08. The van der Waals surface area contributed by atoms with Crippen molar-refractivity contribution in [3.8, 4) is 0 Å². The Kier molecular flexibility index (Phi) is 5.31. The molecular weight excluding hydrogens is 314 g/mol. The topological polar surface area (TPSA) is 79.8 Å². The maximum Gasteiger partial charge on any atom is 0.270 e. The number of hydrogen-bond acceptors (Lipinski definition) is 5. The molecule has 1 aromatic carbocycles. The third kappa shape index (κ3) is 4.60. The van der Waals surface area contributed by atoms with Crippen LogP contribution in [0.15, 0.2) is 60.9 Å². The maximum atomic E-state index is 12.3. The number of nitrogens with zero attached hydrogens (tertiary/aromatic N) is 3. The van der Waals surface area contributed by atoms with Crippen LogP contribution in [0, 0.1) is 6.92 Å². The Labute approximate surface area is 146 Å². The normalized spacial score (nSPS) is 10.3. The van der Waals surface area contributed by atoms with Crippen molar-refractivity contribution in [3.05, 3.63) is 83.4 Å². The molecule has 0 aliphatic carbocycles. The molecule has 0 aliphatic rings. The van der Waals surface area contributed by atoms with Gasteiger partial charge in [-0.25, -0.2) is 9.97 Å². The molecule has 2 heterocycles. The van der Waals surface area contributed by atoms with E-state index >= 15 is 0 Å². The number of hydrogen-bond donors (Lipinski definition) is 2. The van der Waals surface area contributed by atoms with Gasteiger partial charge < -0.3 is 10.6 Å². The summed E-state index contributed by atoms with van der Waals surface area (Å²) in [7, 11) is 0. The highest BCUT2D eigenvalue weighted by Crippen LogP contribution is 2.07. The van der Waals surface area contributed by atoms with Crippen molar-refractivity contribution >= 4 is 11.9 Å². The molecule has 6 nitrogen and oxygen atoms in total. The second kappa shape index (κ2) is 8.01. The minimum atomic E-state index is -0.230. The Morgan fingerprint density at radius 2 is 1.80 bits per heavy atom. The van der Waals surface area contributed by atoms with Gasteiger partial charge >= 0.3 is 0 Å². The second-order valence-electron chi connectivity index (χ2n) is 5.55. The molecule has 0 spiro atoms. The summed E-state index contributed by atoms with van der Waals surface area (Å²) in [6.07, 6.45) is 3.30. The quantitative estimate of drug-likeness (QED) is 0.725.